The first-order chi connectivity index (χ1) is 12.8. The van der Waals surface area contributed by atoms with Crippen LogP contribution in [-0.2, 0) is 14.8 Å². The second kappa shape index (κ2) is 7.80. The van der Waals surface area contributed by atoms with E-state index in [0.29, 0.717) is 19.4 Å². The predicted octanol–water partition coefficient (Wildman–Crippen LogP) is -0.0667. The quantitative estimate of drug-likeness (QED) is 0.414. The number of piperidine rings is 2. The largest absolute Gasteiger partial charge is 0.377 e. The van der Waals surface area contributed by atoms with Gasteiger partial charge in [0.25, 0.3) is 5.91 Å². The third-order valence-corrected chi connectivity index (χ3v) is 7.93. The summed E-state index contributed by atoms with van der Waals surface area (Å²) >= 11 is 0. The van der Waals surface area contributed by atoms with Crippen molar-refractivity contribution >= 4 is 15.9 Å². The van der Waals surface area contributed by atoms with Crippen LogP contribution in [0.5, 0.6) is 0 Å². The molecule has 2 saturated heterocycles. The molecule has 10 heteroatoms. The van der Waals surface area contributed by atoms with Crippen molar-refractivity contribution in [2.24, 2.45) is 0 Å². The van der Waals surface area contributed by atoms with E-state index in [-0.39, 0.29) is 37.8 Å². The first-order valence-corrected chi connectivity index (χ1v) is 10.4. The Morgan fingerprint density at radius 3 is 2.63 bits per heavy atom. The monoisotopic (exact) mass is 401 g/mol. The van der Waals surface area contributed by atoms with E-state index in [1.807, 2.05) is 6.07 Å². The molecule has 1 amide bonds. The van der Waals surface area contributed by atoms with E-state index in [4.69, 9.17) is 5.21 Å². The zero-order valence-corrected chi connectivity index (χ0v) is 15.6. The molecule has 0 saturated carbocycles. The van der Waals surface area contributed by atoms with Gasteiger partial charge < -0.3 is 10.4 Å². The number of hydrogen-bond acceptors (Lipinski definition) is 6. The molecule has 2 aliphatic heterocycles. The molecule has 2 heterocycles. The molecule has 27 heavy (non-hydrogen) atoms. The van der Waals surface area contributed by atoms with Gasteiger partial charge in [0.2, 0.25) is 10.0 Å². The minimum Gasteiger partial charge on any atom is -0.377 e. The number of halogens is 1. The number of benzene rings is 1. The van der Waals surface area contributed by atoms with Crippen molar-refractivity contribution in [3.63, 3.8) is 0 Å². The fraction of sp³-hybridized carbons (Fsp3) is 0.588. The molecule has 3 rings (SSSR count). The van der Waals surface area contributed by atoms with Crippen molar-refractivity contribution < 1.29 is 27.9 Å². The number of hydrogen-bond donors (Lipinski definition) is 4. The Bertz CT molecular complexity index is 798. The minimum absolute atomic E-state index is 0.0517. The van der Waals surface area contributed by atoms with Gasteiger partial charge >= 0.3 is 0 Å². The number of carbonyl (C=O) groups is 1. The fourth-order valence-electron chi connectivity index (χ4n) is 3.97. The molecule has 0 spiro atoms. The van der Waals surface area contributed by atoms with Crippen LogP contribution in [0.4, 0.5) is 4.39 Å². The van der Waals surface area contributed by atoms with E-state index in [1.54, 1.807) is 6.07 Å². The van der Waals surface area contributed by atoms with Gasteiger partial charge in [0.1, 0.15) is 11.1 Å². The average Bonchev–Trinajstić information content (AvgIpc) is 2.67. The molecule has 2 atom stereocenters. The molecule has 1 aromatic rings. The molecule has 1 aromatic carbocycles. The molecule has 0 bridgehead atoms. The maximum Gasteiger partial charge on any atom is 0.278 e. The molecule has 8 nitrogen and oxygen atoms in total. The number of carbonyl (C=O) groups excluding carboxylic acids is 1. The highest BCUT2D eigenvalue weighted by Crippen LogP contribution is 2.33. The Balaban J connectivity index is 1.75. The van der Waals surface area contributed by atoms with Crippen LogP contribution >= 0.6 is 0 Å². The van der Waals surface area contributed by atoms with Gasteiger partial charge in [-0.3, -0.25) is 10.0 Å². The van der Waals surface area contributed by atoms with Crippen LogP contribution < -0.4 is 10.8 Å². The zero-order chi connectivity index (χ0) is 19.7. The number of amides is 1. The number of nitrogens with one attached hydrogen (secondary N) is 2. The topological polar surface area (TPSA) is 119 Å². The van der Waals surface area contributed by atoms with E-state index < -0.39 is 26.8 Å². The van der Waals surface area contributed by atoms with E-state index >= 15 is 0 Å². The van der Waals surface area contributed by atoms with Crippen LogP contribution in [0, 0.1) is 5.82 Å². The molecule has 0 aromatic heterocycles. The third kappa shape index (κ3) is 3.85. The Morgan fingerprint density at radius 1 is 1.30 bits per heavy atom. The lowest BCUT2D eigenvalue weighted by atomic mass is 9.90. The summed E-state index contributed by atoms with van der Waals surface area (Å²) in [6, 6.07) is 6.30. The van der Waals surface area contributed by atoms with Gasteiger partial charge in [0.15, 0.2) is 5.60 Å². The number of rotatable bonds is 4. The maximum atomic E-state index is 13.4. The van der Waals surface area contributed by atoms with E-state index in [2.05, 4.69) is 5.32 Å². The van der Waals surface area contributed by atoms with Gasteiger partial charge in [0, 0.05) is 19.6 Å². The SMILES string of the molecule is O=C(NO)C1(O)CNCCC1S(=O)(=O)N1CCC(c2cccc(F)c2)CC1. The highest BCUT2D eigenvalue weighted by atomic mass is 32.2. The molecule has 2 unspecified atom stereocenters. The summed E-state index contributed by atoms with van der Waals surface area (Å²) in [5, 5.41) is 21.0. The molecule has 150 valence electrons. The van der Waals surface area contributed by atoms with Crippen molar-refractivity contribution in [2.75, 3.05) is 26.2 Å². The van der Waals surface area contributed by atoms with Crippen molar-refractivity contribution in [3.05, 3.63) is 35.6 Å². The van der Waals surface area contributed by atoms with E-state index in [1.165, 1.54) is 21.9 Å². The normalized spacial score (nSPS) is 28.0. The van der Waals surface area contributed by atoms with Crippen LogP contribution in [0.1, 0.15) is 30.7 Å². The molecule has 0 radical (unpaired) electrons. The van der Waals surface area contributed by atoms with Gasteiger partial charge in [-0.05, 0) is 49.4 Å². The highest BCUT2D eigenvalue weighted by molar-refractivity contribution is 7.89. The van der Waals surface area contributed by atoms with Gasteiger partial charge in [-0.1, -0.05) is 12.1 Å². The van der Waals surface area contributed by atoms with Crippen LogP contribution in [-0.4, -0.2) is 66.0 Å². The summed E-state index contributed by atoms with van der Waals surface area (Å²) in [5.74, 6) is -1.41. The van der Waals surface area contributed by atoms with Crippen molar-refractivity contribution in [2.45, 2.75) is 36.0 Å². The lowest BCUT2D eigenvalue weighted by molar-refractivity contribution is -0.150. The summed E-state index contributed by atoms with van der Waals surface area (Å²) in [6.45, 7) is 0.530. The molecular formula is C17H24FN3O5S. The molecular weight excluding hydrogens is 377 g/mol. The van der Waals surface area contributed by atoms with E-state index in [9.17, 15) is 22.7 Å². The van der Waals surface area contributed by atoms with Crippen molar-refractivity contribution in [3.8, 4) is 0 Å². The van der Waals surface area contributed by atoms with Gasteiger partial charge in [-0.25, -0.2) is 22.6 Å². The Kier molecular flexibility index (Phi) is 5.82. The fourth-order valence-corrected chi connectivity index (χ4v) is 6.15. The smallest absolute Gasteiger partial charge is 0.278 e. The number of nitrogens with zero attached hydrogens (tertiary/aromatic N) is 1. The number of aliphatic hydroxyl groups is 1. The van der Waals surface area contributed by atoms with Crippen molar-refractivity contribution in [1.82, 2.24) is 15.1 Å². The summed E-state index contributed by atoms with van der Waals surface area (Å²) in [6.07, 6.45) is 1.10. The number of sulfonamides is 1. The predicted molar refractivity (Wildman–Crippen MR) is 95.0 cm³/mol. The molecule has 2 fully saturated rings. The van der Waals surface area contributed by atoms with E-state index in [0.717, 1.165) is 5.56 Å². The lowest BCUT2D eigenvalue weighted by Crippen LogP contribution is -2.67. The van der Waals surface area contributed by atoms with Crippen molar-refractivity contribution in [1.29, 1.82) is 0 Å². The third-order valence-electron chi connectivity index (χ3n) is 5.50. The minimum atomic E-state index is -3.96. The summed E-state index contributed by atoms with van der Waals surface area (Å²) in [4.78, 5) is 11.9. The Labute approximate surface area is 157 Å². The first-order valence-electron chi connectivity index (χ1n) is 8.91. The second-order valence-electron chi connectivity index (χ2n) is 7.09. The number of β-amino-alcohol motifs (C(OH)–C–C–N with tert-alkyl or cyclic N) is 1. The summed E-state index contributed by atoms with van der Waals surface area (Å²) < 4.78 is 40.9. The lowest BCUT2D eigenvalue weighted by Gasteiger charge is -2.41. The van der Waals surface area contributed by atoms with Gasteiger partial charge in [-0.15, -0.1) is 0 Å². The highest BCUT2D eigenvalue weighted by Gasteiger charge is 2.53. The first kappa shape index (κ1) is 20.2. The van der Waals surface area contributed by atoms with Crippen LogP contribution in [0.2, 0.25) is 0 Å². The van der Waals surface area contributed by atoms with Crippen LogP contribution in [0.25, 0.3) is 0 Å². The summed E-state index contributed by atoms with van der Waals surface area (Å²) in [7, 11) is -3.96. The van der Waals surface area contributed by atoms with Gasteiger partial charge in [-0.2, -0.15) is 0 Å². The van der Waals surface area contributed by atoms with Crippen LogP contribution in [0.15, 0.2) is 24.3 Å². The molecule has 2 aliphatic rings. The Hall–Kier alpha value is -1.59. The number of hydroxylamine groups is 1. The zero-order valence-electron chi connectivity index (χ0n) is 14.8. The molecule has 4 N–H and O–H groups in total. The second-order valence-corrected chi connectivity index (χ2v) is 9.21. The maximum absolute atomic E-state index is 13.4. The summed E-state index contributed by atoms with van der Waals surface area (Å²) in [5.41, 5.74) is -0.0401. The standard InChI is InChI=1S/C17H24FN3O5S/c18-14-3-1-2-13(10-14)12-5-8-21(9-6-12)27(25,26)15-4-7-19-11-17(15,23)16(22)20-24/h1-3,10,12,15,19,23-24H,4-9,11H2,(H,20,22). The van der Waals surface area contributed by atoms with Crippen LogP contribution in [0.3, 0.4) is 0 Å². The van der Waals surface area contributed by atoms with Gasteiger partial charge in [0.05, 0.1) is 0 Å². The molecule has 0 aliphatic carbocycles. The Morgan fingerprint density at radius 2 is 2.00 bits per heavy atom. The average molecular weight is 401 g/mol.